The maximum Gasteiger partial charge on any atom is 0.416 e. The van der Waals surface area contributed by atoms with Gasteiger partial charge in [0.2, 0.25) is 0 Å². The topological polar surface area (TPSA) is 45.7 Å². The molecule has 5 nitrogen and oxygen atoms in total. The van der Waals surface area contributed by atoms with E-state index in [2.05, 4.69) is 4.98 Å². The van der Waals surface area contributed by atoms with E-state index in [1.807, 2.05) is 0 Å². The zero-order valence-corrected chi connectivity index (χ0v) is 13.3. The van der Waals surface area contributed by atoms with Crippen LogP contribution in [0.4, 0.5) is 19.0 Å². The van der Waals surface area contributed by atoms with Crippen LogP contribution in [-0.2, 0) is 4.74 Å². The first kappa shape index (κ1) is 17.0. The van der Waals surface area contributed by atoms with Crippen LogP contribution in [0, 0.1) is 0 Å². The molecule has 0 aromatic carbocycles. The molecule has 1 aromatic rings. The van der Waals surface area contributed by atoms with Crippen molar-refractivity contribution in [1.29, 1.82) is 0 Å². The number of aromatic nitrogens is 1. The van der Waals surface area contributed by atoms with Gasteiger partial charge in [-0.1, -0.05) is 0 Å². The van der Waals surface area contributed by atoms with Crippen molar-refractivity contribution in [2.75, 3.05) is 37.7 Å². The van der Waals surface area contributed by atoms with E-state index in [0.29, 0.717) is 17.9 Å². The lowest BCUT2D eigenvalue weighted by Crippen LogP contribution is -2.49. The highest BCUT2D eigenvalue weighted by Crippen LogP contribution is 2.27. The van der Waals surface area contributed by atoms with Crippen LogP contribution in [0.25, 0.3) is 0 Å². The van der Waals surface area contributed by atoms with E-state index in [0.717, 1.165) is 32.4 Å². The number of morpholine rings is 1. The minimum atomic E-state index is -4.39. The lowest BCUT2D eigenvalue weighted by atomic mass is 10.1. The van der Waals surface area contributed by atoms with Gasteiger partial charge in [-0.05, 0) is 31.4 Å². The van der Waals surface area contributed by atoms with Crippen molar-refractivity contribution in [1.82, 2.24) is 9.88 Å². The maximum absolute atomic E-state index is 12.8. The lowest BCUT2D eigenvalue weighted by Gasteiger charge is -2.34. The standard InChI is InChI=1S/C16H20F3N3O2/c17-16(18,19)13-11-22(8-9-24-13)14-5-4-12(10-20-14)15(23)21-6-2-1-3-7-21/h4-5,10,13H,1-3,6-9,11H2. The number of carbonyl (C=O) groups excluding carboxylic acids is 1. The summed E-state index contributed by atoms with van der Waals surface area (Å²) in [4.78, 5) is 19.9. The number of piperidine rings is 1. The van der Waals surface area contributed by atoms with Crippen molar-refractivity contribution >= 4 is 11.7 Å². The van der Waals surface area contributed by atoms with Crippen molar-refractivity contribution in [2.24, 2.45) is 0 Å². The number of alkyl halides is 3. The molecule has 3 heterocycles. The van der Waals surface area contributed by atoms with Gasteiger partial charge in [-0.25, -0.2) is 4.98 Å². The molecule has 0 N–H and O–H groups in total. The Morgan fingerprint density at radius 1 is 1.17 bits per heavy atom. The molecule has 2 aliphatic heterocycles. The third-order valence-corrected chi connectivity index (χ3v) is 4.39. The summed E-state index contributed by atoms with van der Waals surface area (Å²) in [5.74, 6) is 0.367. The highest BCUT2D eigenvalue weighted by Gasteiger charge is 2.43. The van der Waals surface area contributed by atoms with E-state index in [4.69, 9.17) is 4.74 Å². The number of amides is 1. The molecule has 132 valence electrons. The fraction of sp³-hybridized carbons (Fsp3) is 0.625. The zero-order chi connectivity index (χ0) is 17.2. The molecule has 24 heavy (non-hydrogen) atoms. The summed E-state index contributed by atoms with van der Waals surface area (Å²) in [6.45, 7) is 1.56. The SMILES string of the molecule is O=C(c1ccc(N2CCOC(C(F)(F)F)C2)nc1)N1CCCCC1. The lowest BCUT2D eigenvalue weighted by molar-refractivity contribution is -0.221. The van der Waals surface area contributed by atoms with Crippen molar-refractivity contribution in [3.8, 4) is 0 Å². The van der Waals surface area contributed by atoms with E-state index in [-0.39, 0.29) is 19.1 Å². The second-order valence-corrected chi connectivity index (χ2v) is 6.10. The second kappa shape index (κ2) is 6.96. The number of carbonyl (C=O) groups is 1. The number of nitrogens with zero attached hydrogens (tertiary/aromatic N) is 3. The van der Waals surface area contributed by atoms with Crippen molar-refractivity contribution in [3.63, 3.8) is 0 Å². The molecule has 1 amide bonds. The Hall–Kier alpha value is -1.83. The number of likely N-dealkylation sites (tertiary alicyclic amines) is 1. The molecule has 0 spiro atoms. The summed E-state index contributed by atoms with van der Waals surface area (Å²) < 4.78 is 43.1. The quantitative estimate of drug-likeness (QED) is 0.828. The van der Waals surface area contributed by atoms with E-state index >= 15 is 0 Å². The zero-order valence-electron chi connectivity index (χ0n) is 13.3. The van der Waals surface area contributed by atoms with Crippen LogP contribution in [0.15, 0.2) is 18.3 Å². The number of halogens is 3. The van der Waals surface area contributed by atoms with Crippen molar-refractivity contribution < 1.29 is 22.7 Å². The molecule has 3 rings (SSSR count). The second-order valence-electron chi connectivity index (χ2n) is 6.10. The first-order valence-corrected chi connectivity index (χ1v) is 8.14. The van der Waals surface area contributed by atoms with Gasteiger partial charge in [-0.2, -0.15) is 13.2 Å². The van der Waals surface area contributed by atoms with E-state index < -0.39 is 12.3 Å². The molecule has 2 aliphatic rings. The molecule has 8 heteroatoms. The van der Waals surface area contributed by atoms with E-state index in [9.17, 15) is 18.0 Å². The van der Waals surface area contributed by atoms with Crippen LogP contribution in [0.5, 0.6) is 0 Å². The number of hydrogen-bond acceptors (Lipinski definition) is 4. The van der Waals surface area contributed by atoms with Gasteiger partial charge < -0.3 is 14.5 Å². The van der Waals surface area contributed by atoms with Gasteiger partial charge in [0, 0.05) is 25.8 Å². The Bertz CT molecular complexity index is 571. The first-order valence-electron chi connectivity index (χ1n) is 8.14. The predicted octanol–water partition coefficient (Wildman–Crippen LogP) is 2.48. The number of pyridine rings is 1. The van der Waals surface area contributed by atoms with Crippen LogP contribution >= 0.6 is 0 Å². The highest BCUT2D eigenvalue weighted by atomic mass is 19.4. The molecule has 0 saturated carbocycles. The third kappa shape index (κ3) is 3.80. The van der Waals surface area contributed by atoms with E-state index in [1.54, 1.807) is 17.0 Å². The Kier molecular flexibility index (Phi) is 4.93. The summed E-state index contributed by atoms with van der Waals surface area (Å²) >= 11 is 0. The summed E-state index contributed by atoms with van der Waals surface area (Å²) in [6, 6.07) is 3.24. The van der Waals surface area contributed by atoms with Crippen LogP contribution in [-0.4, -0.2) is 60.9 Å². The molecule has 2 fully saturated rings. The molecule has 1 unspecified atom stereocenters. The Morgan fingerprint density at radius 3 is 2.54 bits per heavy atom. The minimum Gasteiger partial charge on any atom is -0.365 e. The fourth-order valence-electron chi connectivity index (χ4n) is 3.03. The van der Waals surface area contributed by atoms with Gasteiger partial charge in [-0.3, -0.25) is 4.79 Å². The smallest absolute Gasteiger partial charge is 0.365 e. The first-order chi connectivity index (χ1) is 11.4. The van der Waals surface area contributed by atoms with Gasteiger partial charge in [0.05, 0.1) is 18.7 Å². The normalized spacial score (nSPS) is 22.5. The fourth-order valence-corrected chi connectivity index (χ4v) is 3.03. The van der Waals surface area contributed by atoms with Crippen molar-refractivity contribution in [3.05, 3.63) is 23.9 Å². The molecule has 0 bridgehead atoms. The average molecular weight is 343 g/mol. The number of anilines is 1. The van der Waals surface area contributed by atoms with Gasteiger partial charge in [0.1, 0.15) is 5.82 Å². The average Bonchev–Trinajstić information content (AvgIpc) is 2.61. The molecule has 0 aliphatic carbocycles. The number of ether oxygens (including phenoxy) is 1. The monoisotopic (exact) mass is 343 g/mol. The van der Waals surface area contributed by atoms with Gasteiger partial charge >= 0.3 is 6.18 Å². The Morgan fingerprint density at radius 2 is 1.92 bits per heavy atom. The molecular formula is C16H20F3N3O2. The molecule has 0 radical (unpaired) electrons. The predicted molar refractivity (Wildman–Crippen MR) is 82.0 cm³/mol. The summed E-state index contributed by atoms with van der Waals surface area (Å²) in [6.07, 6.45) is -1.60. The Balaban J connectivity index is 1.66. The third-order valence-electron chi connectivity index (χ3n) is 4.39. The van der Waals surface area contributed by atoms with Crippen LogP contribution in [0.1, 0.15) is 29.6 Å². The number of rotatable bonds is 2. The summed E-state index contributed by atoms with van der Waals surface area (Å²) in [5, 5.41) is 0. The summed E-state index contributed by atoms with van der Waals surface area (Å²) in [5.41, 5.74) is 0.473. The van der Waals surface area contributed by atoms with Crippen LogP contribution < -0.4 is 4.90 Å². The largest absolute Gasteiger partial charge is 0.416 e. The Labute approximate surface area is 138 Å². The van der Waals surface area contributed by atoms with Gasteiger partial charge in [-0.15, -0.1) is 0 Å². The van der Waals surface area contributed by atoms with Gasteiger partial charge in [0.15, 0.2) is 6.10 Å². The molecular weight excluding hydrogens is 323 g/mol. The minimum absolute atomic E-state index is 0.000314. The molecule has 1 aromatic heterocycles. The van der Waals surface area contributed by atoms with Crippen LogP contribution in [0.3, 0.4) is 0 Å². The highest BCUT2D eigenvalue weighted by molar-refractivity contribution is 5.94. The van der Waals surface area contributed by atoms with Crippen molar-refractivity contribution in [2.45, 2.75) is 31.5 Å². The van der Waals surface area contributed by atoms with E-state index in [1.165, 1.54) is 11.1 Å². The van der Waals surface area contributed by atoms with Gasteiger partial charge in [0.25, 0.3) is 5.91 Å². The molecule has 2 saturated heterocycles. The van der Waals surface area contributed by atoms with Crippen LogP contribution in [0.2, 0.25) is 0 Å². The number of hydrogen-bond donors (Lipinski definition) is 0. The summed E-state index contributed by atoms with van der Waals surface area (Å²) in [7, 11) is 0. The maximum atomic E-state index is 12.8. The molecule has 1 atom stereocenters.